The maximum absolute atomic E-state index is 8.77. The lowest BCUT2D eigenvalue weighted by atomic mass is 10.0. The third kappa shape index (κ3) is 1.53. The lowest BCUT2D eigenvalue weighted by Gasteiger charge is -2.19. The number of nitrogens with zero attached hydrogens (tertiary/aromatic N) is 1. The van der Waals surface area contributed by atoms with Crippen LogP contribution in [-0.4, -0.2) is 17.5 Å². The predicted octanol–water partition coefficient (Wildman–Crippen LogP) is 2.95. The predicted molar refractivity (Wildman–Crippen MR) is 54.9 cm³/mol. The molecule has 1 aliphatic heterocycles. The molecule has 0 fully saturated rings. The largest absolute Gasteiger partial charge is 0.491 e. The van der Waals surface area contributed by atoms with Gasteiger partial charge in [-0.25, -0.2) is 0 Å². The van der Waals surface area contributed by atoms with Gasteiger partial charge in [0.15, 0.2) is 0 Å². The fourth-order valence-corrected chi connectivity index (χ4v) is 1.96. The third-order valence-corrected chi connectivity index (χ3v) is 2.52. The van der Waals surface area contributed by atoms with Crippen LogP contribution in [0.15, 0.2) is 17.3 Å². The number of oxime groups is 1. The van der Waals surface area contributed by atoms with E-state index < -0.39 is 0 Å². The summed E-state index contributed by atoms with van der Waals surface area (Å²) >= 11 is 11.8. The fraction of sp³-hybridized carbons (Fsp3) is 0.222. The van der Waals surface area contributed by atoms with Gasteiger partial charge >= 0.3 is 0 Å². The van der Waals surface area contributed by atoms with Crippen molar-refractivity contribution in [1.29, 1.82) is 0 Å². The molecule has 2 rings (SSSR count). The Balaban J connectivity index is 2.62. The van der Waals surface area contributed by atoms with Gasteiger partial charge in [0.2, 0.25) is 0 Å². The first-order valence-electron chi connectivity index (χ1n) is 4.05. The molecule has 5 heteroatoms. The first kappa shape index (κ1) is 9.62. The van der Waals surface area contributed by atoms with E-state index in [2.05, 4.69) is 5.16 Å². The van der Waals surface area contributed by atoms with Crippen LogP contribution in [0, 0.1) is 0 Å². The molecule has 0 spiro atoms. The maximum atomic E-state index is 8.77. The van der Waals surface area contributed by atoms with E-state index in [0.717, 1.165) is 0 Å². The van der Waals surface area contributed by atoms with E-state index in [4.69, 9.17) is 33.1 Å². The molecule has 1 N–H and O–H groups in total. The molecule has 3 nitrogen and oxygen atoms in total. The molecule has 0 amide bonds. The van der Waals surface area contributed by atoms with E-state index in [1.54, 1.807) is 12.1 Å². The molecule has 0 bridgehead atoms. The highest BCUT2D eigenvalue weighted by Crippen LogP contribution is 2.35. The quantitative estimate of drug-likeness (QED) is 0.551. The molecular formula is C9H7Cl2NO2. The molecule has 0 unspecified atom stereocenters. The van der Waals surface area contributed by atoms with E-state index in [9.17, 15) is 0 Å². The summed E-state index contributed by atoms with van der Waals surface area (Å²) < 4.78 is 5.36. The maximum Gasteiger partial charge on any atom is 0.147 e. The van der Waals surface area contributed by atoms with Gasteiger partial charge in [0.05, 0.1) is 17.3 Å². The van der Waals surface area contributed by atoms with Crippen LogP contribution in [0.2, 0.25) is 10.0 Å². The van der Waals surface area contributed by atoms with Crippen molar-refractivity contribution in [2.45, 2.75) is 6.42 Å². The number of hydrogen-bond acceptors (Lipinski definition) is 3. The zero-order valence-corrected chi connectivity index (χ0v) is 8.64. The van der Waals surface area contributed by atoms with E-state index >= 15 is 0 Å². The van der Waals surface area contributed by atoms with Gasteiger partial charge in [-0.05, 0) is 12.1 Å². The fourth-order valence-electron chi connectivity index (χ4n) is 1.41. The zero-order valence-electron chi connectivity index (χ0n) is 7.13. The summed E-state index contributed by atoms with van der Waals surface area (Å²) in [6.45, 7) is 0.466. The van der Waals surface area contributed by atoms with Crippen LogP contribution in [0.4, 0.5) is 0 Å². The standard InChI is InChI=1S/C9H7Cl2NO2/c10-5-3-6-8(12-13)1-2-14-9(6)7(11)4-5/h3-4,13H,1-2H2. The Kier molecular flexibility index (Phi) is 2.52. The van der Waals surface area contributed by atoms with Gasteiger partial charge in [-0.1, -0.05) is 28.4 Å². The summed E-state index contributed by atoms with van der Waals surface area (Å²) in [6, 6.07) is 3.28. The SMILES string of the molecule is ON=C1CCOc2c(Cl)cc(Cl)cc21. The van der Waals surface area contributed by atoms with Crippen LogP contribution in [0.1, 0.15) is 12.0 Å². The first-order valence-corrected chi connectivity index (χ1v) is 4.81. The summed E-state index contributed by atoms with van der Waals surface area (Å²) in [7, 11) is 0. The van der Waals surface area contributed by atoms with Gasteiger partial charge in [-0.15, -0.1) is 0 Å². The molecule has 74 valence electrons. The zero-order chi connectivity index (χ0) is 10.1. The van der Waals surface area contributed by atoms with Crippen molar-refractivity contribution in [3.05, 3.63) is 27.7 Å². The van der Waals surface area contributed by atoms with E-state index in [1.165, 1.54) is 0 Å². The topological polar surface area (TPSA) is 41.8 Å². The second-order valence-corrected chi connectivity index (χ2v) is 3.75. The molecule has 1 aliphatic rings. The van der Waals surface area contributed by atoms with Gasteiger partial charge < -0.3 is 9.94 Å². The second kappa shape index (κ2) is 3.67. The number of rotatable bonds is 0. The Bertz CT molecular complexity index is 404. The highest BCUT2D eigenvalue weighted by Gasteiger charge is 2.20. The Morgan fingerprint density at radius 2 is 2.14 bits per heavy atom. The van der Waals surface area contributed by atoms with Gasteiger partial charge in [-0.3, -0.25) is 0 Å². The Morgan fingerprint density at radius 1 is 1.36 bits per heavy atom. The van der Waals surface area contributed by atoms with Crippen molar-refractivity contribution in [3.8, 4) is 5.75 Å². The van der Waals surface area contributed by atoms with Crippen LogP contribution >= 0.6 is 23.2 Å². The number of hydrogen-bond donors (Lipinski definition) is 1. The summed E-state index contributed by atoms with van der Waals surface area (Å²) in [5, 5.41) is 12.9. The third-order valence-electron chi connectivity index (χ3n) is 2.03. The van der Waals surface area contributed by atoms with Crippen LogP contribution in [0.5, 0.6) is 5.75 Å². The van der Waals surface area contributed by atoms with Crippen molar-refractivity contribution in [2.75, 3.05) is 6.61 Å². The summed E-state index contributed by atoms with van der Waals surface area (Å²) in [5.74, 6) is 0.537. The second-order valence-electron chi connectivity index (χ2n) is 2.91. The van der Waals surface area contributed by atoms with Gasteiger partial charge in [-0.2, -0.15) is 0 Å². The number of benzene rings is 1. The Morgan fingerprint density at radius 3 is 2.86 bits per heavy atom. The van der Waals surface area contributed by atoms with Gasteiger partial charge in [0, 0.05) is 17.0 Å². The molecule has 0 saturated carbocycles. The van der Waals surface area contributed by atoms with Gasteiger partial charge in [0.25, 0.3) is 0 Å². The minimum atomic E-state index is 0.438. The number of ether oxygens (including phenoxy) is 1. The van der Waals surface area contributed by atoms with Crippen LogP contribution in [0.25, 0.3) is 0 Å². The Hall–Kier alpha value is -0.930. The van der Waals surface area contributed by atoms with Crippen LogP contribution < -0.4 is 4.74 Å². The van der Waals surface area contributed by atoms with Crippen molar-refractivity contribution in [3.63, 3.8) is 0 Å². The molecule has 0 atom stereocenters. The van der Waals surface area contributed by atoms with E-state index in [1.807, 2.05) is 0 Å². The molecule has 1 aromatic carbocycles. The molecule has 0 aromatic heterocycles. The minimum Gasteiger partial charge on any atom is -0.491 e. The van der Waals surface area contributed by atoms with E-state index in [0.29, 0.717) is 40.1 Å². The normalized spacial score (nSPS) is 17.7. The lowest BCUT2D eigenvalue weighted by Crippen LogP contribution is -2.16. The molecular weight excluding hydrogens is 225 g/mol. The molecule has 1 heterocycles. The summed E-state index contributed by atoms with van der Waals surface area (Å²) in [4.78, 5) is 0. The van der Waals surface area contributed by atoms with Crippen molar-refractivity contribution in [2.24, 2.45) is 5.16 Å². The summed E-state index contributed by atoms with van der Waals surface area (Å²) in [6.07, 6.45) is 0.556. The molecule has 0 saturated heterocycles. The van der Waals surface area contributed by atoms with Crippen LogP contribution in [0.3, 0.4) is 0 Å². The monoisotopic (exact) mass is 231 g/mol. The van der Waals surface area contributed by atoms with Crippen LogP contribution in [-0.2, 0) is 0 Å². The molecule has 14 heavy (non-hydrogen) atoms. The number of fused-ring (bicyclic) bond motifs is 1. The average Bonchev–Trinajstić information content (AvgIpc) is 2.17. The molecule has 0 aliphatic carbocycles. The smallest absolute Gasteiger partial charge is 0.147 e. The van der Waals surface area contributed by atoms with Gasteiger partial charge in [0.1, 0.15) is 5.75 Å². The number of halogens is 2. The van der Waals surface area contributed by atoms with Crippen molar-refractivity contribution in [1.82, 2.24) is 0 Å². The van der Waals surface area contributed by atoms with Crippen molar-refractivity contribution >= 4 is 28.9 Å². The van der Waals surface area contributed by atoms with Crippen molar-refractivity contribution < 1.29 is 9.94 Å². The lowest BCUT2D eigenvalue weighted by molar-refractivity contribution is 0.298. The minimum absolute atomic E-state index is 0.438. The first-order chi connectivity index (χ1) is 6.72. The molecule has 1 aromatic rings. The average molecular weight is 232 g/mol. The highest BCUT2D eigenvalue weighted by atomic mass is 35.5. The Labute approximate surface area is 90.9 Å². The van der Waals surface area contributed by atoms with E-state index in [-0.39, 0.29) is 0 Å². The molecule has 0 radical (unpaired) electrons. The summed E-state index contributed by atoms with van der Waals surface area (Å²) in [5.41, 5.74) is 1.21. The highest BCUT2D eigenvalue weighted by molar-refractivity contribution is 6.36.